The molecule has 0 amide bonds. The molecule has 0 saturated heterocycles. The number of aromatic nitrogens is 2. The first-order valence-corrected chi connectivity index (χ1v) is 7.83. The first kappa shape index (κ1) is 14.3. The molecule has 21 heavy (non-hydrogen) atoms. The van der Waals surface area contributed by atoms with Gasteiger partial charge in [0.05, 0.1) is 11.0 Å². The van der Waals surface area contributed by atoms with Crippen LogP contribution in [0, 0.1) is 0 Å². The van der Waals surface area contributed by atoms with Crippen LogP contribution in [0.4, 0.5) is 0 Å². The Balaban J connectivity index is 1.77. The van der Waals surface area contributed by atoms with Crippen LogP contribution >= 0.6 is 15.9 Å². The van der Waals surface area contributed by atoms with E-state index >= 15 is 0 Å². The molecule has 1 atom stereocenters. The normalized spacial score (nSPS) is 12.7. The van der Waals surface area contributed by atoms with E-state index in [1.165, 1.54) is 5.56 Å². The average Bonchev–Trinajstić information content (AvgIpc) is 2.76. The zero-order valence-corrected chi connectivity index (χ0v) is 13.5. The number of rotatable bonds is 4. The summed E-state index contributed by atoms with van der Waals surface area (Å²) in [5.41, 5.74) is 9.74. The number of imidazole rings is 1. The van der Waals surface area contributed by atoms with Crippen molar-refractivity contribution in [1.29, 1.82) is 0 Å². The summed E-state index contributed by atoms with van der Waals surface area (Å²) >= 11 is 3.50. The van der Waals surface area contributed by atoms with Gasteiger partial charge in [-0.1, -0.05) is 40.2 Å². The first-order valence-electron chi connectivity index (χ1n) is 7.04. The van der Waals surface area contributed by atoms with Crippen LogP contribution in [0.3, 0.4) is 0 Å². The Bertz CT molecular complexity index is 764. The Hall–Kier alpha value is -1.65. The first-order chi connectivity index (χ1) is 10.1. The Morgan fingerprint density at radius 3 is 2.71 bits per heavy atom. The monoisotopic (exact) mass is 343 g/mol. The fourth-order valence-corrected chi connectivity index (χ4v) is 3.10. The Labute approximate surface area is 132 Å². The molecule has 2 aromatic carbocycles. The molecule has 0 aliphatic rings. The summed E-state index contributed by atoms with van der Waals surface area (Å²) in [5, 5.41) is 0. The van der Waals surface area contributed by atoms with E-state index in [0.717, 1.165) is 34.2 Å². The maximum absolute atomic E-state index is 6.31. The largest absolute Gasteiger partial charge is 0.331 e. The summed E-state index contributed by atoms with van der Waals surface area (Å²) in [6, 6.07) is 16.5. The van der Waals surface area contributed by atoms with Gasteiger partial charge in [-0.3, -0.25) is 0 Å². The molecule has 3 nitrogen and oxygen atoms in total. The Kier molecular flexibility index (Phi) is 4.08. The molecule has 4 heteroatoms. The SMILES string of the molecule is Cn1c(CC(N)Cc2cccc(Br)c2)nc2ccccc21. The minimum Gasteiger partial charge on any atom is -0.331 e. The molecule has 0 aliphatic carbocycles. The molecule has 0 fully saturated rings. The molecule has 2 N–H and O–H groups in total. The summed E-state index contributed by atoms with van der Waals surface area (Å²) in [7, 11) is 2.05. The highest BCUT2D eigenvalue weighted by atomic mass is 79.9. The number of nitrogens with two attached hydrogens (primary N) is 1. The molecular weight excluding hydrogens is 326 g/mol. The Morgan fingerprint density at radius 1 is 1.14 bits per heavy atom. The topological polar surface area (TPSA) is 43.8 Å². The lowest BCUT2D eigenvalue weighted by Crippen LogP contribution is -2.26. The van der Waals surface area contributed by atoms with E-state index in [1.807, 2.05) is 30.3 Å². The summed E-state index contributed by atoms with van der Waals surface area (Å²) < 4.78 is 3.23. The number of fused-ring (bicyclic) bond motifs is 1. The van der Waals surface area contributed by atoms with Crippen molar-refractivity contribution in [2.45, 2.75) is 18.9 Å². The maximum atomic E-state index is 6.31. The lowest BCUT2D eigenvalue weighted by molar-refractivity contribution is 0.626. The predicted octanol–water partition coefficient (Wildman–Crippen LogP) is 3.45. The number of benzene rings is 2. The molecule has 0 saturated carbocycles. The summed E-state index contributed by atoms with van der Waals surface area (Å²) in [4.78, 5) is 4.69. The highest BCUT2D eigenvalue weighted by Gasteiger charge is 2.12. The second kappa shape index (κ2) is 6.00. The van der Waals surface area contributed by atoms with Crippen molar-refractivity contribution >= 4 is 27.0 Å². The van der Waals surface area contributed by atoms with Gasteiger partial charge < -0.3 is 10.3 Å². The van der Waals surface area contributed by atoms with Crippen molar-refractivity contribution in [3.63, 3.8) is 0 Å². The Morgan fingerprint density at radius 2 is 1.95 bits per heavy atom. The van der Waals surface area contributed by atoms with Crippen molar-refractivity contribution in [2.24, 2.45) is 12.8 Å². The van der Waals surface area contributed by atoms with Crippen LogP contribution in [0.5, 0.6) is 0 Å². The van der Waals surface area contributed by atoms with E-state index in [4.69, 9.17) is 5.73 Å². The fraction of sp³-hybridized carbons (Fsp3) is 0.235. The molecule has 0 bridgehead atoms. The van der Waals surface area contributed by atoms with Gasteiger partial charge in [0, 0.05) is 24.0 Å². The summed E-state index contributed by atoms with van der Waals surface area (Å²) in [6.45, 7) is 0. The standard InChI is InChI=1S/C17H18BrN3/c1-21-16-8-3-2-7-15(16)20-17(21)11-14(19)10-12-5-4-6-13(18)9-12/h2-9,14H,10-11,19H2,1H3. The molecule has 1 unspecified atom stereocenters. The second-order valence-corrected chi connectivity index (χ2v) is 6.29. The van der Waals surface area contributed by atoms with E-state index in [2.05, 4.69) is 50.7 Å². The van der Waals surface area contributed by atoms with E-state index in [1.54, 1.807) is 0 Å². The van der Waals surface area contributed by atoms with Crippen LogP contribution in [0.15, 0.2) is 53.0 Å². The highest BCUT2D eigenvalue weighted by molar-refractivity contribution is 9.10. The predicted molar refractivity (Wildman–Crippen MR) is 90.2 cm³/mol. The van der Waals surface area contributed by atoms with Gasteiger partial charge in [-0.15, -0.1) is 0 Å². The van der Waals surface area contributed by atoms with Crippen LogP contribution in [0.1, 0.15) is 11.4 Å². The molecule has 108 valence electrons. The van der Waals surface area contributed by atoms with E-state index in [-0.39, 0.29) is 6.04 Å². The number of hydrogen-bond acceptors (Lipinski definition) is 2. The molecule has 1 heterocycles. The van der Waals surface area contributed by atoms with Gasteiger partial charge in [0.1, 0.15) is 5.82 Å². The smallest absolute Gasteiger partial charge is 0.111 e. The third kappa shape index (κ3) is 3.17. The van der Waals surface area contributed by atoms with Crippen LogP contribution in [-0.2, 0) is 19.9 Å². The number of nitrogens with zero attached hydrogens (tertiary/aromatic N) is 2. The lowest BCUT2D eigenvalue weighted by Gasteiger charge is -2.12. The molecule has 0 aliphatic heterocycles. The van der Waals surface area contributed by atoms with E-state index in [0.29, 0.717) is 0 Å². The lowest BCUT2D eigenvalue weighted by atomic mass is 10.0. The zero-order chi connectivity index (χ0) is 14.8. The van der Waals surface area contributed by atoms with Gasteiger partial charge in [0.2, 0.25) is 0 Å². The minimum absolute atomic E-state index is 0.0646. The quantitative estimate of drug-likeness (QED) is 0.788. The molecule has 3 rings (SSSR count). The third-order valence-electron chi connectivity index (χ3n) is 3.71. The molecule has 3 aromatic rings. The van der Waals surface area contributed by atoms with Gasteiger partial charge in [-0.25, -0.2) is 4.98 Å². The van der Waals surface area contributed by atoms with Crippen LogP contribution in [0.2, 0.25) is 0 Å². The fourth-order valence-electron chi connectivity index (χ4n) is 2.65. The molecule has 0 spiro atoms. The molecular formula is C17H18BrN3. The minimum atomic E-state index is 0.0646. The molecule has 1 aromatic heterocycles. The van der Waals surface area contributed by atoms with Crippen molar-refractivity contribution < 1.29 is 0 Å². The number of para-hydroxylation sites is 2. The van der Waals surface area contributed by atoms with Gasteiger partial charge in [-0.2, -0.15) is 0 Å². The zero-order valence-electron chi connectivity index (χ0n) is 12.0. The van der Waals surface area contributed by atoms with Crippen LogP contribution in [-0.4, -0.2) is 15.6 Å². The average molecular weight is 344 g/mol. The van der Waals surface area contributed by atoms with Gasteiger partial charge in [-0.05, 0) is 36.2 Å². The van der Waals surface area contributed by atoms with E-state index < -0.39 is 0 Å². The number of aryl methyl sites for hydroxylation is 1. The van der Waals surface area contributed by atoms with E-state index in [9.17, 15) is 0 Å². The third-order valence-corrected chi connectivity index (χ3v) is 4.20. The maximum Gasteiger partial charge on any atom is 0.111 e. The second-order valence-electron chi connectivity index (χ2n) is 5.37. The van der Waals surface area contributed by atoms with Crippen molar-refractivity contribution in [3.05, 3.63) is 64.4 Å². The number of hydrogen-bond donors (Lipinski definition) is 1. The van der Waals surface area contributed by atoms with Crippen molar-refractivity contribution in [3.8, 4) is 0 Å². The van der Waals surface area contributed by atoms with Crippen molar-refractivity contribution in [1.82, 2.24) is 9.55 Å². The van der Waals surface area contributed by atoms with Crippen LogP contribution in [0.25, 0.3) is 11.0 Å². The summed E-state index contributed by atoms with van der Waals surface area (Å²) in [6.07, 6.45) is 1.63. The van der Waals surface area contributed by atoms with Gasteiger partial charge in [0.15, 0.2) is 0 Å². The highest BCUT2D eigenvalue weighted by Crippen LogP contribution is 2.17. The van der Waals surface area contributed by atoms with Crippen molar-refractivity contribution in [2.75, 3.05) is 0 Å². The van der Waals surface area contributed by atoms with Crippen LogP contribution < -0.4 is 5.73 Å². The summed E-state index contributed by atoms with van der Waals surface area (Å²) in [5.74, 6) is 1.04. The van der Waals surface area contributed by atoms with Gasteiger partial charge in [0.25, 0.3) is 0 Å². The molecule has 0 radical (unpaired) electrons. The van der Waals surface area contributed by atoms with Gasteiger partial charge >= 0.3 is 0 Å². The number of halogens is 1.